The summed E-state index contributed by atoms with van der Waals surface area (Å²) >= 11 is 0. The average molecular weight is 373 g/mol. The maximum atomic E-state index is 10.6. The molecular formula is C19H27N5O3. The van der Waals surface area contributed by atoms with Crippen LogP contribution in [0.25, 0.3) is 11.2 Å². The summed E-state index contributed by atoms with van der Waals surface area (Å²) in [5, 5.41) is 10.6. The standard InChI is InChI=1S/C19H27N5O3/c25-19(5-7-26-11-19)10-24-13-22-16-17(20-12-21-18(16)24)23-6-1-2-15(8-23)27-9-14-3-4-14/h12-15,25H,1-11H2. The van der Waals surface area contributed by atoms with Gasteiger partial charge in [0.25, 0.3) is 0 Å². The molecule has 2 aromatic heterocycles. The van der Waals surface area contributed by atoms with Crippen LogP contribution in [0.4, 0.5) is 5.82 Å². The second kappa shape index (κ2) is 7.00. The van der Waals surface area contributed by atoms with Gasteiger partial charge in [0.2, 0.25) is 0 Å². The number of aromatic nitrogens is 4. The number of hydrogen-bond acceptors (Lipinski definition) is 7. The highest BCUT2D eigenvalue weighted by Crippen LogP contribution is 2.31. The van der Waals surface area contributed by atoms with Crippen molar-refractivity contribution < 1.29 is 14.6 Å². The van der Waals surface area contributed by atoms with Crippen LogP contribution in [0.5, 0.6) is 0 Å². The molecule has 0 bridgehead atoms. The third-order valence-electron chi connectivity index (χ3n) is 5.87. The molecule has 1 aliphatic carbocycles. The molecule has 2 aliphatic heterocycles. The van der Waals surface area contributed by atoms with Crippen molar-refractivity contribution in [3.63, 3.8) is 0 Å². The molecule has 1 saturated carbocycles. The molecule has 0 radical (unpaired) electrons. The molecule has 27 heavy (non-hydrogen) atoms. The Bertz CT molecular complexity index is 800. The molecule has 5 rings (SSSR count). The van der Waals surface area contributed by atoms with E-state index in [9.17, 15) is 5.11 Å². The van der Waals surface area contributed by atoms with E-state index in [2.05, 4.69) is 19.9 Å². The zero-order valence-electron chi connectivity index (χ0n) is 15.6. The number of rotatable bonds is 6. The summed E-state index contributed by atoms with van der Waals surface area (Å²) < 4.78 is 13.4. The molecule has 3 fully saturated rings. The van der Waals surface area contributed by atoms with Crippen LogP contribution in [-0.2, 0) is 16.0 Å². The molecule has 146 valence electrons. The zero-order valence-corrected chi connectivity index (χ0v) is 15.6. The summed E-state index contributed by atoms with van der Waals surface area (Å²) in [6.45, 7) is 4.10. The van der Waals surface area contributed by atoms with Gasteiger partial charge in [0.1, 0.15) is 11.9 Å². The maximum Gasteiger partial charge on any atom is 0.165 e. The molecule has 4 heterocycles. The van der Waals surface area contributed by atoms with Gasteiger partial charge >= 0.3 is 0 Å². The van der Waals surface area contributed by atoms with Gasteiger partial charge in [-0.15, -0.1) is 0 Å². The van der Waals surface area contributed by atoms with Crippen molar-refractivity contribution in [2.24, 2.45) is 5.92 Å². The normalized spacial score (nSPS) is 28.9. The minimum absolute atomic E-state index is 0.266. The fraction of sp³-hybridized carbons (Fsp3) is 0.737. The molecule has 0 amide bonds. The third-order valence-corrected chi connectivity index (χ3v) is 5.87. The number of hydrogen-bond donors (Lipinski definition) is 1. The number of anilines is 1. The van der Waals surface area contributed by atoms with Crippen LogP contribution in [0.2, 0.25) is 0 Å². The van der Waals surface area contributed by atoms with Gasteiger partial charge in [0.15, 0.2) is 17.0 Å². The van der Waals surface area contributed by atoms with Crippen LogP contribution in [0.1, 0.15) is 32.1 Å². The Kier molecular flexibility index (Phi) is 4.49. The van der Waals surface area contributed by atoms with Gasteiger partial charge in [0.05, 0.1) is 25.6 Å². The second-order valence-electron chi connectivity index (χ2n) is 8.26. The lowest BCUT2D eigenvalue weighted by Gasteiger charge is -2.33. The third kappa shape index (κ3) is 3.66. The number of piperidine rings is 1. The fourth-order valence-corrected chi connectivity index (χ4v) is 4.08. The van der Waals surface area contributed by atoms with Crippen molar-refractivity contribution >= 4 is 17.0 Å². The van der Waals surface area contributed by atoms with E-state index in [0.29, 0.717) is 26.2 Å². The number of imidazole rings is 1. The first-order valence-corrected chi connectivity index (χ1v) is 10.0. The molecule has 1 N–H and O–H groups in total. The first kappa shape index (κ1) is 17.3. The van der Waals surface area contributed by atoms with Crippen molar-refractivity contribution in [3.8, 4) is 0 Å². The fourth-order valence-electron chi connectivity index (χ4n) is 4.08. The summed E-state index contributed by atoms with van der Waals surface area (Å²) in [6.07, 6.45) is 9.09. The van der Waals surface area contributed by atoms with Crippen LogP contribution in [-0.4, -0.2) is 69.2 Å². The largest absolute Gasteiger partial charge is 0.386 e. The van der Waals surface area contributed by atoms with Gasteiger partial charge in [-0.1, -0.05) is 0 Å². The van der Waals surface area contributed by atoms with Crippen molar-refractivity contribution in [2.75, 3.05) is 37.8 Å². The maximum absolute atomic E-state index is 10.6. The summed E-state index contributed by atoms with van der Waals surface area (Å²) in [4.78, 5) is 15.8. The smallest absolute Gasteiger partial charge is 0.165 e. The predicted octanol–water partition coefficient (Wildman–Crippen LogP) is 1.37. The first-order chi connectivity index (χ1) is 13.2. The topological polar surface area (TPSA) is 85.5 Å². The highest BCUT2D eigenvalue weighted by atomic mass is 16.5. The number of ether oxygens (including phenoxy) is 2. The van der Waals surface area contributed by atoms with Crippen molar-refractivity contribution in [3.05, 3.63) is 12.7 Å². The quantitative estimate of drug-likeness (QED) is 0.818. The Hall–Kier alpha value is -1.77. The molecule has 2 atom stereocenters. The monoisotopic (exact) mass is 373 g/mol. The Morgan fingerprint density at radius 1 is 1.26 bits per heavy atom. The van der Waals surface area contributed by atoms with Crippen molar-refractivity contribution in [1.82, 2.24) is 19.5 Å². The highest BCUT2D eigenvalue weighted by molar-refractivity contribution is 5.83. The van der Waals surface area contributed by atoms with E-state index < -0.39 is 5.60 Å². The van der Waals surface area contributed by atoms with E-state index in [1.54, 1.807) is 12.7 Å². The Morgan fingerprint density at radius 2 is 2.19 bits per heavy atom. The Morgan fingerprint density at radius 3 is 3.00 bits per heavy atom. The number of fused-ring (bicyclic) bond motifs is 1. The highest BCUT2D eigenvalue weighted by Gasteiger charge is 2.34. The summed E-state index contributed by atoms with van der Waals surface area (Å²) in [7, 11) is 0. The van der Waals surface area contributed by atoms with Crippen molar-refractivity contribution in [2.45, 2.75) is 50.4 Å². The minimum Gasteiger partial charge on any atom is -0.386 e. The van der Waals surface area contributed by atoms with Crippen LogP contribution >= 0.6 is 0 Å². The molecule has 2 unspecified atom stereocenters. The molecule has 8 heteroatoms. The minimum atomic E-state index is -0.842. The van der Waals surface area contributed by atoms with Crippen LogP contribution in [0, 0.1) is 5.92 Å². The molecular weight excluding hydrogens is 346 g/mol. The van der Waals surface area contributed by atoms with Crippen LogP contribution < -0.4 is 4.90 Å². The van der Waals surface area contributed by atoms with E-state index in [-0.39, 0.29) is 6.10 Å². The van der Waals surface area contributed by atoms with Gasteiger partial charge in [-0.3, -0.25) is 0 Å². The lowest BCUT2D eigenvalue weighted by Crippen LogP contribution is -2.40. The van der Waals surface area contributed by atoms with Gasteiger partial charge in [-0.05, 0) is 31.6 Å². The molecule has 8 nitrogen and oxygen atoms in total. The molecule has 2 saturated heterocycles. The first-order valence-electron chi connectivity index (χ1n) is 10.0. The SMILES string of the molecule is OC1(Cn2cnc3c(N4CCCC(OCC5CC5)C4)ncnc32)CCOC1. The van der Waals surface area contributed by atoms with Gasteiger partial charge < -0.3 is 24.0 Å². The van der Waals surface area contributed by atoms with Gasteiger partial charge in [0, 0.05) is 32.7 Å². The average Bonchev–Trinajstić information content (AvgIpc) is 3.30. The molecule has 2 aromatic rings. The Balaban J connectivity index is 1.35. The zero-order chi connectivity index (χ0) is 18.3. The summed E-state index contributed by atoms with van der Waals surface area (Å²) in [6, 6.07) is 0. The Labute approximate surface area is 158 Å². The lowest BCUT2D eigenvalue weighted by molar-refractivity contribution is 0.0126. The van der Waals surface area contributed by atoms with E-state index in [1.807, 2.05) is 4.57 Å². The van der Waals surface area contributed by atoms with E-state index >= 15 is 0 Å². The second-order valence-corrected chi connectivity index (χ2v) is 8.26. The lowest BCUT2D eigenvalue weighted by atomic mass is 10.0. The van der Waals surface area contributed by atoms with Crippen LogP contribution in [0.15, 0.2) is 12.7 Å². The van der Waals surface area contributed by atoms with E-state index in [0.717, 1.165) is 55.4 Å². The van der Waals surface area contributed by atoms with Crippen LogP contribution in [0.3, 0.4) is 0 Å². The molecule has 0 spiro atoms. The summed E-state index contributed by atoms with van der Waals surface area (Å²) in [5.41, 5.74) is 0.718. The van der Waals surface area contributed by atoms with Gasteiger partial charge in [-0.2, -0.15) is 0 Å². The predicted molar refractivity (Wildman–Crippen MR) is 99.6 cm³/mol. The summed E-state index contributed by atoms with van der Waals surface area (Å²) in [5.74, 6) is 1.65. The molecule has 0 aromatic carbocycles. The molecule has 3 aliphatic rings. The number of nitrogens with zero attached hydrogens (tertiary/aromatic N) is 5. The number of aliphatic hydroxyl groups is 1. The van der Waals surface area contributed by atoms with E-state index in [4.69, 9.17) is 9.47 Å². The van der Waals surface area contributed by atoms with Crippen molar-refractivity contribution in [1.29, 1.82) is 0 Å². The van der Waals surface area contributed by atoms with E-state index in [1.165, 1.54) is 12.8 Å². The van der Waals surface area contributed by atoms with Gasteiger partial charge in [-0.25, -0.2) is 15.0 Å².